The van der Waals surface area contributed by atoms with E-state index in [1.165, 1.54) is 0 Å². The van der Waals surface area contributed by atoms with Gasteiger partial charge in [-0.25, -0.2) is 0 Å². The predicted octanol–water partition coefficient (Wildman–Crippen LogP) is 1.40. The quantitative estimate of drug-likeness (QED) is 0.753. The van der Waals surface area contributed by atoms with Gasteiger partial charge in [0, 0.05) is 5.69 Å². The van der Waals surface area contributed by atoms with Gasteiger partial charge in [-0.2, -0.15) is 0 Å². The molecule has 3 heteroatoms. The summed E-state index contributed by atoms with van der Waals surface area (Å²) >= 11 is 0. The highest BCUT2D eigenvalue weighted by Crippen LogP contribution is 2.26. The summed E-state index contributed by atoms with van der Waals surface area (Å²) in [6, 6.07) is 6.02. The Morgan fingerprint density at radius 3 is 2.73 bits per heavy atom. The van der Waals surface area contributed by atoms with Crippen LogP contribution < -0.4 is 4.90 Å². The molecule has 2 rings (SSSR count). The van der Waals surface area contributed by atoms with Gasteiger partial charge in [0.1, 0.15) is 0 Å². The van der Waals surface area contributed by atoms with E-state index in [2.05, 4.69) is 0 Å². The third kappa shape index (κ3) is 1.88. The van der Waals surface area contributed by atoms with Crippen molar-refractivity contribution < 1.29 is 9.90 Å². The van der Waals surface area contributed by atoms with Crippen molar-refractivity contribution in [3.05, 3.63) is 29.3 Å². The van der Waals surface area contributed by atoms with E-state index in [-0.39, 0.29) is 12.3 Å². The molecule has 0 spiro atoms. The summed E-state index contributed by atoms with van der Waals surface area (Å²) in [7, 11) is 0. The number of rotatable bonds is 1. The van der Waals surface area contributed by atoms with E-state index >= 15 is 0 Å². The van der Waals surface area contributed by atoms with Crippen molar-refractivity contribution in [3.8, 4) is 0 Å². The van der Waals surface area contributed by atoms with Gasteiger partial charge in [0.15, 0.2) is 0 Å². The Hall–Kier alpha value is -1.35. The molecule has 1 saturated heterocycles. The average molecular weight is 205 g/mol. The van der Waals surface area contributed by atoms with Crippen LogP contribution >= 0.6 is 0 Å². The van der Waals surface area contributed by atoms with E-state index in [0.717, 1.165) is 16.8 Å². The number of hydrogen-bond donors (Lipinski definition) is 1. The van der Waals surface area contributed by atoms with E-state index in [0.29, 0.717) is 6.54 Å². The monoisotopic (exact) mass is 205 g/mol. The molecule has 80 valence electrons. The first-order chi connectivity index (χ1) is 7.08. The second-order valence-electron chi connectivity index (χ2n) is 4.15. The Kier molecular flexibility index (Phi) is 2.49. The lowest BCUT2D eigenvalue weighted by molar-refractivity contribution is -0.117. The molecule has 1 unspecified atom stereocenters. The number of aliphatic hydroxyl groups excluding tert-OH is 1. The highest BCUT2D eigenvalue weighted by molar-refractivity contribution is 5.96. The number of β-amino-alcohol motifs (C(OH)–C–C–N with tert-alkyl or cyclic N) is 1. The Morgan fingerprint density at radius 1 is 1.40 bits per heavy atom. The van der Waals surface area contributed by atoms with Crippen LogP contribution in [0.15, 0.2) is 18.2 Å². The molecule has 0 bridgehead atoms. The molecule has 1 heterocycles. The van der Waals surface area contributed by atoms with Gasteiger partial charge in [0.05, 0.1) is 19.1 Å². The summed E-state index contributed by atoms with van der Waals surface area (Å²) in [6.07, 6.45) is -0.273. The van der Waals surface area contributed by atoms with Crippen LogP contribution in [0.2, 0.25) is 0 Å². The molecule has 0 radical (unpaired) electrons. The highest BCUT2D eigenvalue weighted by atomic mass is 16.3. The van der Waals surface area contributed by atoms with Crippen LogP contribution in [-0.2, 0) is 4.79 Å². The molecular weight excluding hydrogens is 190 g/mol. The van der Waals surface area contributed by atoms with E-state index in [9.17, 15) is 9.90 Å². The average Bonchev–Trinajstić information content (AvgIpc) is 2.50. The number of nitrogens with zero attached hydrogens (tertiary/aromatic N) is 1. The first-order valence-electron chi connectivity index (χ1n) is 5.13. The predicted molar refractivity (Wildman–Crippen MR) is 58.9 cm³/mol. The van der Waals surface area contributed by atoms with Gasteiger partial charge in [0.25, 0.3) is 0 Å². The van der Waals surface area contributed by atoms with Gasteiger partial charge in [-0.3, -0.25) is 4.79 Å². The molecule has 0 saturated carbocycles. The van der Waals surface area contributed by atoms with Crippen LogP contribution in [0.4, 0.5) is 5.69 Å². The molecule has 1 amide bonds. The molecule has 1 aliphatic heterocycles. The number of carbonyl (C=O) groups is 1. The summed E-state index contributed by atoms with van der Waals surface area (Å²) in [5, 5.41) is 9.43. The maximum Gasteiger partial charge on any atom is 0.229 e. The van der Waals surface area contributed by atoms with Crippen molar-refractivity contribution in [1.29, 1.82) is 0 Å². The first-order valence-corrected chi connectivity index (χ1v) is 5.13. The number of benzene rings is 1. The summed E-state index contributed by atoms with van der Waals surface area (Å²) in [5.41, 5.74) is 3.13. The standard InChI is InChI=1S/C12H15NO2/c1-8-3-4-9(2)11(5-8)13-7-10(14)6-12(13)15/h3-5,10,14H,6-7H2,1-2H3. The van der Waals surface area contributed by atoms with Crippen LogP contribution in [0, 0.1) is 13.8 Å². The summed E-state index contributed by atoms with van der Waals surface area (Å²) < 4.78 is 0. The van der Waals surface area contributed by atoms with Gasteiger partial charge in [0.2, 0.25) is 5.91 Å². The zero-order chi connectivity index (χ0) is 11.0. The van der Waals surface area contributed by atoms with Crippen LogP contribution in [0.25, 0.3) is 0 Å². The Morgan fingerprint density at radius 2 is 2.13 bits per heavy atom. The van der Waals surface area contributed by atoms with Gasteiger partial charge in [-0.05, 0) is 31.0 Å². The summed E-state index contributed by atoms with van der Waals surface area (Å²) in [4.78, 5) is 13.3. The van der Waals surface area contributed by atoms with Crippen LogP contribution in [-0.4, -0.2) is 23.7 Å². The van der Waals surface area contributed by atoms with Crippen LogP contribution in [0.5, 0.6) is 0 Å². The normalized spacial score (nSPS) is 21.1. The third-order valence-corrected chi connectivity index (χ3v) is 2.76. The minimum Gasteiger partial charge on any atom is -0.391 e. The molecule has 1 fully saturated rings. The third-order valence-electron chi connectivity index (χ3n) is 2.76. The van der Waals surface area contributed by atoms with Crippen molar-refractivity contribution in [1.82, 2.24) is 0 Å². The molecular formula is C12H15NO2. The second-order valence-corrected chi connectivity index (χ2v) is 4.15. The molecule has 3 nitrogen and oxygen atoms in total. The van der Waals surface area contributed by atoms with E-state index in [4.69, 9.17) is 0 Å². The Balaban J connectivity index is 2.37. The van der Waals surface area contributed by atoms with Crippen molar-refractivity contribution in [2.75, 3.05) is 11.4 Å². The van der Waals surface area contributed by atoms with Crippen molar-refractivity contribution >= 4 is 11.6 Å². The summed E-state index contributed by atoms with van der Waals surface area (Å²) in [6.45, 7) is 4.40. The van der Waals surface area contributed by atoms with Gasteiger partial charge in [-0.1, -0.05) is 12.1 Å². The lowest BCUT2D eigenvalue weighted by Crippen LogP contribution is -2.26. The maximum absolute atomic E-state index is 11.6. The molecule has 1 aliphatic rings. The van der Waals surface area contributed by atoms with E-state index in [1.54, 1.807) is 4.90 Å². The summed E-state index contributed by atoms with van der Waals surface area (Å²) in [5.74, 6) is 0.0104. The molecule has 15 heavy (non-hydrogen) atoms. The van der Waals surface area contributed by atoms with Crippen molar-refractivity contribution in [3.63, 3.8) is 0 Å². The minimum atomic E-state index is -0.516. The first kappa shape index (κ1) is 10.2. The highest BCUT2D eigenvalue weighted by Gasteiger charge is 2.29. The minimum absolute atomic E-state index is 0.0104. The largest absolute Gasteiger partial charge is 0.391 e. The maximum atomic E-state index is 11.6. The molecule has 1 aromatic carbocycles. The molecule has 0 aliphatic carbocycles. The lowest BCUT2D eigenvalue weighted by Gasteiger charge is -2.18. The number of amides is 1. The zero-order valence-electron chi connectivity index (χ0n) is 9.03. The van der Waals surface area contributed by atoms with Crippen molar-refractivity contribution in [2.24, 2.45) is 0 Å². The topological polar surface area (TPSA) is 40.5 Å². The zero-order valence-corrected chi connectivity index (χ0v) is 9.03. The molecule has 1 N–H and O–H groups in total. The number of aliphatic hydroxyl groups is 1. The van der Waals surface area contributed by atoms with Gasteiger partial charge in [-0.15, -0.1) is 0 Å². The lowest BCUT2D eigenvalue weighted by atomic mass is 10.1. The van der Waals surface area contributed by atoms with Crippen LogP contribution in [0.1, 0.15) is 17.5 Å². The fourth-order valence-corrected chi connectivity index (χ4v) is 1.93. The Labute approximate surface area is 89.3 Å². The molecule has 1 aromatic rings. The van der Waals surface area contributed by atoms with Gasteiger partial charge < -0.3 is 10.0 Å². The number of carbonyl (C=O) groups excluding carboxylic acids is 1. The molecule has 1 atom stereocenters. The number of hydrogen-bond acceptors (Lipinski definition) is 2. The Bertz CT molecular complexity index is 401. The second kappa shape index (κ2) is 3.66. The van der Waals surface area contributed by atoms with Gasteiger partial charge >= 0.3 is 0 Å². The SMILES string of the molecule is Cc1ccc(C)c(N2CC(O)CC2=O)c1. The fraction of sp³-hybridized carbons (Fsp3) is 0.417. The van der Waals surface area contributed by atoms with Crippen molar-refractivity contribution in [2.45, 2.75) is 26.4 Å². The molecule has 0 aromatic heterocycles. The van der Waals surface area contributed by atoms with Crippen LogP contribution in [0.3, 0.4) is 0 Å². The van der Waals surface area contributed by atoms with E-state index in [1.807, 2.05) is 32.0 Å². The van der Waals surface area contributed by atoms with E-state index < -0.39 is 6.10 Å². The number of anilines is 1. The fourth-order valence-electron chi connectivity index (χ4n) is 1.93. The smallest absolute Gasteiger partial charge is 0.229 e. The number of aryl methyl sites for hydroxylation is 2.